The normalized spacial score (nSPS) is 13.4. The molecule has 8 rings (SSSR count). The first-order valence-corrected chi connectivity index (χ1v) is 41.7. The number of thioether (sulfide) groups is 2. The number of aliphatic hydroxyl groups is 1. The second-order valence-corrected chi connectivity index (χ2v) is 39.5. The Morgan fingerprint density at radius 3 is 1.30 bits per heavy atom. The van der Waals surface area contributed by atoms with E-state index < -0.39 is 52.4 Å². The molecule has 0 spiro atoms. The Hall–Kier alpha value is -7.62. The van der Waals surface area contributed by atoms with Crippen LogP contribution in [0, 0.1) is 5.92 Å². The number of fused-ring (bicyclic) bond motifs is 6. The van der Waals surface area contributed by atoms with Crippen molar-refractivity contribution in [1.82, 2.24) is 5.32 Å². The summed E-state index contributed by atoms with van der Waals surface area (Å²) in [6.45, 7) is 19.6. The highest BCUT2D eigenvalue weighted by atomic mass is 32.2. The summed E-state index contributed by atoms with van der Waals surface area (Å²) in [6.07, 6.45) is 6.21. The van der Waals surface area contributed by atoms with Crippen LogP contribution in [0.4, 0.5) is 4.79 Å². The minimum Gasteiger partial charge on any atom is -0.466 e. The molecule has 0 saturated heterocycles. The number of alkyl carbamates (subject to hydrolysis) is 1. The molecule has 2 N–H and O–H groups in total. The lowest BCUT2D eigenvalue weighted by Gasteiger charge is -2.24. The number of carbonyl (C=O) groups excluding carboxylic acids is 7. The van der Waals surface area contributed by atoms with Crippen molar-refractivity contribution in [2.45, 2.75) is 141 Å². The summed E-state index contributed by atoms with van der Waals surface area (Å²) >= 11 is 2.53. The maximum atomic E-state index is 13.5. The van der Waals surface area contributed by atoms with Crippen molar-refractivity contribution in [3.63, 3.8) is 0 Å². The third kappa shape index (κ3) is 26.6. The summed E-state index contributed by atoms with van der Waals surface area (Å²) in [4.78, 5) is 86.2. The lowest BCUT2D eigenvalue weighted by Crippen LogP contribution is -2.46. The molecular formula is C76H93NO13S2Si2. The molecule has 0 saturated carbocycles. The molecule has 3 atom stereocenters. The van der Waals surface area contributed by atoms with Crippen LogP contribution in [-0.4, -0.2) is 118 Å². The number of nitrogens with one attached hydrogen (secondary N) is 1. The maximum Gasteiger partial charge on any atom is 0.407 e. The molecule has 500 valence electrons. The number of amides is 1. The Balaban J connectivity index is 0.000000262. The van der Waals surface area contributed by atoms with Crippen molar-refractivity contribution in [2.75, 3.05) is 37.9 Å². The van der Waals surface area contributed by atoms with Gasteiger partial charge in [-0.25, -0.2) is 9.59 Å². The largest absolute Gasteiger partial charge is 0.466 e. The fraction of sp³-hybridized carbons (Fsp3) is 0.382. The molecule has 0 bridgehead atoms. The van der Waals surface area contributed by atoms with E-state index in [1.165, 1.54) is 52.7 Å². The van der Waals surface area contributed by atoms with Crippen LogP contribution in [-0.2, 0) is 65.3 Å². The van der Waals surface area contributed by atoms with Gasteiger partial charge in [0.15, 0.2) is 10.2 Å². The Kier molecular flexibility index (Phi) is 31.0. The summed E-state index contributed by atoms with van der Waals surface area (Å²) in [5.74, 6) is -0.800. The lowest BCUT2D eigenvalue weighted by atomic mass is 9.98. The van der Waals surface area contributed by atoms with Gasteiger partial charge in [0, 0.05) is 59.3 Å². The van der Waals surface area contributed by atoms with Crippen LogP contribution in [0.1, 0.15) is 91.7 Å². The number of allylic oxidation sites excluding steroid dienone is 2. The lowest BCUT2D eigenvalue weighted by molar-refractivity contribution is -0.155. The maximum absolute atomic E-state index is 13.5. The van der Waals surface area contributed by atoms with Gasteiger partial charge in [0.25, 0.3) is 0 Å². The van der Waals surface area contributed by atoms with Gasteiger partial charge in [-0.15, -0.1) is 0 Å². The Morgan fingerprint density at radius 2 is 0.894 bits per heavy atom. The van der Waals surface area contributed by atoms with Gasteiger partial charge in [-0.3, -0.25) is 24.0 Å². The predicted octanol–water partition coefficient (Wildman–Crippen LogP) is 15.6. The summed E-state index contributed by atoms with van der Waals surface area (Å²) in [5.41, 5.74) is 11.4. The minimum atomic E-state index is -1.41. The topological polar surface area (TPSA) is 198 Å². The van der Waals surface area contributed by atoms with Gasteiger partial charge < -0.3 is 34.1 Å². The van der Waals surface area contributed by atoms with Gasteiger partial charge in [-0.05, 0) is 92.6 Å². The molecule has 1 amide bonds. The average Bonchev–Trinajstić information content (AvgIpc) is 1.63. The molecule has 2 aliphatic rings. The molecule has 94 heavy (non-hydrogen) atoms. The third-order valence-electron chi connectivity index (χ3n) is 15.4. The number of hydrogen-bond donors (Lipinski definition) is 2. The van der Waals surface area contributed by atoms with E-state index in [4.69, 9.17) is 23.7 Å². The van der Waals surface area contributed by atoms with Crippen LogP contribution in [0.3, 0.4) is 0 Å². The first kappa shape index (κ1) is 75.4. The highest BCUT2D eigenvalue weighted by Gasteiger charge is 2.33. The molecule has 18 heteroatoms. The monoisotopic (exact) mass is 1350 g/mol. The molecule has 0 heterocycles. The highest BCUT2D eigenvalue weighted by molar-refractivity contribution is 8.13. The van der Waals surface area contributed by atoms with E-state index >= 15 is 0 Å². The third-order valence-corrected chi connectivity index (χ3v) is 20.6. The fourth-order valence-electron chi connectivity index (χ4n) is 10.3. The van der Waals surface area contributed by atoms with E-state index in [0.717, 1.165) is 45.5 Å². The first-order chi connectivity index (χ1) is 44.9. The Labute approximate surface area is 566 Å². The molecule has 6 aromatic rings. The summed E-state index contributed by atoms with van der Waals surface area (Å²) in [7, 11) is -2.62. The Bertz CT molecular complexity index is 3400. The Morgan fingerprint density at radius 1 is 0.511 bits per heavy atom. The second kappa shape index (κ2) is 38.7. The van der Waals surface area contributed by atoms with Crippen LogP contribution in [0.15, 0.2) is 182 Å². The van der Waals surface area contributed by atoms with Gasteiger partial charge in [0.1, 0.15) is 25.4 Å². The van der Waals surface area contributed by atoms with E-state index in [0.29, 0.717) is 57.0 Å². The van der Waals surface area contributed by atoms with Crippen molar-refractivity contribution in [3.8, 4) is 22.3 Å². The fourth-order valence-corrected chi connectivity index (χ4v) is 13.3. The number of benzene rings is 6. The van der Waals surface area contributed by atoms with Crippen LogP contribution in [0.2, 0.25) is 51.4 Å². The first-order valence-electron chi connectivity index (χ1n) is 32.3. The molecule has 2 aliphatic carbocycles. The van der Waals surface area contributed by atoms with E-state index in [1.807, 2.05) is 127 Å². The number of rotatable bonds is 30. The SMILES string of the molecule is CC(=O)OCC1c2ccccc2-c2ccccc21.CC(C)[C@H](NC(=O)OCC1c2ccccc2-c2ccccc21)C(=O)O[C@H](/C=C/CCSC(=O)Cc1ccccc1)CC(=O)OCC[Si](C)(C)C.C[Si](C)(C)CCOC(=O)C[C@H](O)/C=C/CCSC(=O)Cc1ccccc1. The van der Waals surface area contributed by atoms with Crippen LogP contribution >= 0.6 is 23.5 Å². The molecule has 0 aromatic heterocycles. The number of ether oxygens (including phenoxy) is 5. The van der Waals surface area contributed by atoms with Crippen molar-refractivity contribution >= 4 is 79.9 Å². The van der Waals surface area contributed by atoms with E-state index in [9.17, 15) is 38.7 Å². The van der Waals surface area contributed by atoms with Crippen molar-refractivity contribution in [3.05, 3.63) is 215 Å². The molecule has 6 aromatic carbocycles. The number of esters is 4. The zero-order chi connectivity index (χ0) is 68.0. The van der Waals surface area contributed by atoms with Gasteiger partial charge in [0.05, 0.1) is 32.2 Å². The molecule has 0 fully saturated rings. The smallest absolute Gasteiger partial charge is 0.407 e. The van der Waals surface area contributed by atoms with Crippen molar-refractivity contribution in [2.24, 2.45) is 5.92 Å². The predicted molar refractivity (Wildman–Crippen MR) is 383 cm³/mol. The highest BCUT2D eigenvalue weighted by Crippen LogP contribution is 2.46. The van der Waals surface area contributed by atoms with E-state index in [1.54, 1.807) is 32.1 Å². The van der Waals surface area contributed by atoms with Gasteiger partial charge in [-0.2, -0.15) is 0 Å². The van der Waals surface area contributed by atoms with E-state index in [-0.39, 0.29) is 59.4 Å². The summed E-state index contributed by atoms with van der Waals surface area (Å²) < 4.78 is 27.3. The molecule has 14 nitrogen and oxygen atoms in total. The average molecular weight is 1350 g/mol. The zero-order valence-corrected chi connectivity index (χ0v) is 59.5. The number of hydrogen-bond acceptors (Lipinski definition) is 15. The standard InChI is InChI=1S/C40H49NO7SSi.C20H30O4SSi.C16H14O2/c1-28(2)38(41-40(45)47-27-35-33-20-11-9-18-31(33)32-19-10-12-21-34(32)35)39(44)48-30(26-36(42)46-22-24-50(3,4)5)17-13-14-23-49-37(43)25-29-15-7-6-8-16-29;1-26(2,3)14-12-24-19(22)16-18(21)11-7-8-13-25-20(23)15-17-9-5-4-6-10-17;1-11(17)18-10-16-14-8-4-2-6-12(14)13-7-3-5-9-15(13)16/h6-13,15-21,28,30,35,38H,14,22-27H2,1-5H3,(H,41,45);4-7,9-11,18,21H,8,12-16H2,1-3H3;2-9,16H,10H2,1H3/b17-13+;11-7+;/t30-,38+;18-;/m11./s1. The van der Waals surface area contributed by atoms with Gasteiger partial charge >= 0.3 is 30.0 Å². The van der Waals surface area contributed by atoms with E-state index in [2.05, 4.69) is 81.0 Å². The molecular weight excluding hydrogens is 1260 g/mol. The number of carbonyl (C=O) groups is 7. The van der Waals surface area contributed by atoms with Gasteiger partial charge in [0.2, 0.25) is 0 Å². The quantitative estimate of drug-likeness (QED) is 0.0142. The molecule has 0 unspecified atom stereocenters. The van der Waals surface area contributed by atoms with Gasteiger partial charge in [-0.1, -0.05) is 253 Å². The van der Waals surface area contributed by atoms with Crippen LogP contribution < -0.4 is 5.32 Å². The molecule has 0 radical (unpaired) electrons. The summed E-state index contributed by atoms with van der Waals surface area (Å²) in [5, 5.41) is 12.7. The number of aliphatic hydroxyl groups excluding tert-OH is 1. The van der Waals surface area contributed by atoms with Crippen molar-refractivity contribution < 1.29 is 62.4 Å². The van der Waals surface area contributed by atoms with Crippen LogP contribution in [0.25, 0.3) is 22.3 Å². The second-order valence-electron chi connectivity index (χ2n) is 25.9. The zero-order valence-electron chi connectivity index (χ0n) is 55.8. The minimum absolute atomic E-state index is 0.0255. The van der Waals surface area contributed by atoms with Crippen molar-refractivity contribution in [1.29, 1.82) is 0 Å². The van der Waals surface area contributed by atoms with Crippen LogP contribution in [0.5, 0.6) is 0 Å². The molecule has 0 aliphatic heterocycles. The summed E-state index contributed by atoms with van der Waals surface area (Å²) in [6, 6.07) is 52.8.